The summed E-state index contributed by atoms with van der Waals surface area (Å²) in [5, 5.41) is 6.79. The predicted molar refractivity (Wildman–Crippen MR) is 134 cm³/mol. The third kappa shape index (κ3) is 6.52. The first-order valence-corrected chi connectivity index (χ1v) is 11.0. The van der Waals surface area contributed by atoms with Crippen molar-refractivity contribution in [1.82, 2.24) is 15.5 Å². The van der Waals surface area contributed by atoms with Crippen molar-refractivity contribution in [2.75, 3.05) is 52.7 Å². The van der Waals surface area contributed by atoms with E-state index < -0.39 is 0 Å². The van der Waals surface area contributed by atoms with Crippen molar-refractivity contribution >= 4 is 29.9 Å². The molecule has 2 aliphatic rings. The highest BCUT2D eigenvalue weighted by molar-refractivity contribution is 14.0. The number of fused-ring (bicyclic) bond motifs is 1. The molecular formula is C23H33IN4O4. The summed E-state index contributed by atoms with van der Waals surface area (Å²) in [6.45, 7) is 9.80. The summed E-state index contributed by atoms with van der Waals surface area (Å²) in [4.78, 5) is 7.26. The van der Waals surface area contributed by atoms with E-state index in [1.807, 2.05) is 25.1 Å². The minimum atomic E-state index is 0. The first-order chi connectivity index (χ1) is 15.2. The number of rotatable bonds is 8. The summed E-state index contributed by atoms with van der Waals surface area (Å²) >= 11 is 0. The molecule has 2 aliphatic heterocycles. The van der Waals surface area contributed by atoms with Crippen LogP contribution in [0.3, 0.4) is 0 Å². The lowest BCUT2D eigenvalue weighted by atomic mass is 10.1. The van der Waals surface area contributed by atoms with Gasteiger partial charge in [0.05, 0.1) is 25.8 Å². The SMILES string of the molecule is CCNC(=NCC(c1ccc(C)o1)N1CCOCC1)NCCc1ccc2c(c1)OCO2.I. The van der Waals surface area contributed by atoms with Crippen LogP contribution in [0.4, 0.5) is 0 Å². The summed E-state index contributed by atoms with van der Waals surface area (Å²) in [6.07, 6.45) is 0.866. The molecule has 176 valence electrons. The number of nitrogens with one attached hydrogen (secondary N) is 2. The van der Waals surface area contributed by atoms with Gasteiger partial charge >= 0.3 is 0 Å². The predicted octanol–water partition coefficient (Wildman–Crippen LogP) is 3.11. The molecule has 8 nitrogen and oxygen atoms in total. The fourth-order valence-corrected chi connectivity index (χ4v) is 3.85. The molecule has 9 heteroatoms. The summed E-state index contributed by atoms with van der Waals surface area (Å²) in [5.41, 5.74) is 1.20. The largest absolute Gasteiger partial charge is 0.465 e. The lowest BCUT2D eigenvalue weighted by Gasteiger charge is -2.32. The second-order valence-corrected chi connectivity index (χ2v) is 7.70. The number of benzene rings is 1. The van der Waals surface area contributed by atoms with Crippen molar-refractivity contribution in [2.24, 2.45) is 4.99 Å². The Hall–Kier alpha value is -1.98. The van der Waals surface area contributed by atoms with Crippen molar-refractivity contribution in [3.05, 3.63) is 47.4 Å². The zero-order valence-electron chi connectivity index (χ0n) is 18.8. The van der Waals surface area contributed by atoms with Crippen LogP contribution in [-0.4, -0.2) is 63.6 Å². The molecule has 0 radical (unpaired) electrons. The highest BCUT2D eigenvalue weighted by atomic mass is 127. The number of guanidine groups is 1. The lowest BCUT2D eigenvalue weighted by Crippen LogP contribution is -2.42. The number of hydrogen-bond acceptors (Lipinski definition) is 6. The number of nitrogens with zero attached hydrogens (tertiary/aromatic N) is 2. The molecule has 1 aromatic carbocycles. The zero-order chi connectivity index (χ0) is 21.5. The average molecular weight is 556 g/mol. The number of halogens is 1. The average Bonchev–Trinajstić information content (AvgIpc) is 3.43. The molecule has 1 fully saturated rings. The van der Waals surface area contributed by atoms with Crippen LogP contribution in [0.5, 0.6) is 11.5 Å². The molecule has 1 aromatic heterocycles. The van der Waals surface area contributed by atoms with Crippen LogP contribution in [0.2, 0.25) is 0 Å². The third-order valence-electron chi connectivity index (χ3n) is 5.49. The minimum Gasteiger partial charge on any atom is -0.465 e. The van der Waals surface area contributed by atoms with Gasteiger partial charge in [0.1, 0.15) is 11.5 Å². The second kappa shape index (κ2) is 12.3. The lowest BCUT2D eigenvalue weighted by molar-refractivity contribution is 0.0135. The highest BCUT2D eigenvalue weighted by Crippen LogP contribution is 2.32. The summed E-state index contributed by atoms with van der Waals surface area (Å²) in [7, 11) is 0. The summed E-state index contributed by atoms with van der Waals surface area (Å²) in [5.74, 6) is 4.32. The molecular weight excluding hydrogens is 523 g/mol. The minimum absolute atomic E-state index is 0. The molecule has 4 rings (SSSR count). The van der Waals surface area contributed by atoms with E-state index in [0.717, 1.165) is 74.8 Å². The standard InChI is InChI=1S/C23H32N4O4.HI/c1-3-24-23(25-9-8-18-5-7-21-22(14-18)30-16-29-21)26-15-19(20-6-4-17(2)31-20)27-10-12-28-13-11-27;/h4-7,14,19H,3,8-13,15-16H2,1-2H3,(H2,24,25,26);1H. The quantitative estimate of drug-likeness (QED) is 0.294. The zero-order valence-corrected chi connectivity index (χ0v) is 21.1. The normalized spacial score (nSPS) is 17.0. The molecule has 2 aromatic rings. The van der Waals surface area contributed by atoms with E-state index in [0.29, 0.717) is 13.3 Å². The van der Waals surface area contributed by atoms with Gasteiger partial charge in [0, 0.05) is 26.2 Å². The Bertz CT molecular complexity index is 883. The number of furan rings is 1. The van der Waals surface area contributed by atoms with E-state index in [1.165, 1.54) is 5.56 Å². The van der Waals surface area contributed by atoms with Gasteiger partial charge in [0.25, 0.3) is 0 Å². The number of aliphatic imine (C=N–C) groups is 1. The van der Waals surface area contributed by atoms with Gasteiger partial charge in [-0.15, -0.1) is 24.0 Å². The first-order valence-electron chi connectivity index (χ1n) is 11.0. The summed E-state index contributed by atoms with van der Waals surface area (Å²) < 4.78 is 22.3. The van der Waals surface area contributed by atoms with Crippen LogP contribution in [0.1, 0.15) is 30.0 Å². The third-order valence-corrected chi connectivity index (χ3v) is 5.49. The van der Waals surface area contributed by atoms with Crippen LogP contribution >= 0.6 is 24.0 Å². The highest BCUT2D eigenvalue weighted by Gasteiger charge is 2.25. The fourth-order valence-electron chi connectivity index (χ4n) is 3.85. The molecule has 0 amide bonds. The van der Waals surface area contributed by atoms with E-state index >= 15 is 0 Å². The Balaban J connectivity index is 0.00000289. The van der Waals surface area contributed by atoms with Crippen LogP contribution in [-0.2, 0) is 11.2 Å². The van der Waals surface area contributed by atoms with Crippen molar-refractivity contribution < 1.29 is 18.6 Å². The Morgan fingerprint density at radius 2 is 1.91 bits per heavy atom. The van der Waals surface area contributed by atoms with Crippen LogP contribution < -0.4 is 20.1 Å². The molecule has 1 saturated heterocycles. The molecule has 2 N–H and O–H groups in total. The maximum Gasteiger partial charge on any atom is 0.231 e. The van der Waals surface area contributed by atoms with Crippen molar-refractivity contribution in [3.63, 3.8) is 0 Å². The maximum absolute atomic E-state index is 5.95. The molecule has 0 spiro atoms. The first kappa shape index (κ1) is 24.7. The Labute approximate surface area is 206 Å². The Kier molecular flexibility index (Phi) is 9.49. The smallest absolute Gasteiger partial charge is 0.231 e. The van der Waals surface area contributed by atoms with E-state index in [1.54, 1.807) is 0 Å². The van der Waals surface area contributed by atoms with Crippen molar-refractivity contribution in [3.8, 4) is 11.5 Å². The van der Waals surface area contributed by atoms with E-state index in [2.05, 4.69) is 34.6 Å². The van der Waals surface area contributed by atoms with Crippen molar-refractivity contribution in [1.29, 1.82) is 0 Å². The topological polar surface area (TPSA) is 80.5 Å². The van der Waals surface area contributed by atoms with Crippen LogP contribution in [0.15, 0.2) is 39.7 Å². The molecule has 3 heterocycles. The van der Waals surface area contributed by atoms with E-state index in [9.17, 15) is 0 Å². The van der Waals surface area contributed by atoms with Gasteiger partial charge in [-0.1, -0.05) is 6.07 Å². The van der Waals surface area contributed by atoms with E-state index in [4.69, 9.17) is 23.6 Å². The number of ether oxygens (including phenoxy) is 3. The van der Waals surface area contributed by atoms with Gasteiger partial charge in [0.15, 0.2) is 17.5 Å². The number of hydrogen-bond donors (Lipinski definition) is 2. The Morgan fingerprint density at radius 1 is 1.09 bits per heavy atom. The van der Waals surface area contributed by atoms with Gasteiger partial charge in [-0.3, -0.25) is 9.89 Å². The second-order valence-electron chi connectivity index (χ2n) is 7.70. The number of morpholine rings is 1. The monoisotopic (exact) mass is 556 g/mol. The van der Waals surface area contributed by atoms with Gasteiger partial charge in [-0.2, -0.15) is 0 Å². The fraction of sp³-hybridized carbons (Fsp3) is 0.522. The maximum atomic E-state index is 5.95. The summed E-state index contributed by atoms with van der Waals surface area (Å²) in [6, 6.07) is 10.3. The van der Waals surface area contributed by atoms with Gasteiger partial charge < -0.3 is 29.3 Å². The molecule has 32 heavy (non-hydrogen) atoms. The van der Waals surface area contributed by atoms with Gasteiger partial charge in [-0.25, -0.2) is 0 Å². The Morgan fingerprint density at radius 3 is 2.66 bits per heavy atom. The van der Waals surface area contributed by atoms with Gasteiger partial charge in [-0.05, 0) is 50.1 Å². The molecule has 0 bridgehead atoms. The van der Waals surface area contributed by atoms with Crippen molar-refractivity contribution in [2.45, 2.75) is 26.3 Å². The van der Waals surface area contributed by atoms with Crippen LogP contribution in [0.25, 0.3) is 0 Å². The molecule has 0 saturated carbocycles. The molecule has 0 aliphatic carbocycles. The van der Waals surface area contributed by atoms with E-state index in [-0.39, 0.29) is 30.0 Å². The molecule has 1 unspecified atom stereocenters. The van der Waals surface area contributed by atoms with Crippen LogP contribution in [0, 0.1) is 6.92 Å². The molecule has 1 atom stereocenters. The number of aryl methyl sites for hydroxylation is 1. The van der Waals surface area contributed by atoms with Gasteiger partial charge in [0.2, 0.25) is 6.79 Å².